The molecule has 2 heterocycles. The second-order valence-corrected chi connectivity index (χ2v) is 18.6. The molecule has 0 saturated carbocycles. The number of anilines is 1. The quantitative estimate of drug-likeness (QED) is 0.0562. The summed E-state index contributed by atoms with van der Waals surface area (Å²) in [7, 11) is -11.1. The van der Waals surface area contributed by atoms with Crippen molar-refractivity contribution in [1.29, 1.82) is 0 Å². The minimum Gasteiger partial charge on any atom is -0.748 e. The van der Waals surface area contributed by atoms with Gasteiger partial charge in [-0.1, -0.05) is 6.08 Å². The molecule has 0 bridgehead atoms. The van der Waals surface area contributed by atoms with Crippen molar-refractivity contribution in [2.24, 2.45) is 5.84 Å². The van der Waals surface area contributed by atoms with Gasteiger partial charge in [0.05, 0.1) is 38.5 Å². The van der Waals surface area contributed by atoms with Gasteiger partial charge in [0.2, 0.25) is 5.91 Å². The highest BCUT2D eigenvalue weighted by Crippen LogP contribution is 2.51. The first-order valence-corrected chi connectivity index (χ1v) is 22.2. The van der Waals surface area contributed by atoms with E-state index in [1.54, 1.807) is 20.1 Å². The van der Waals surface area contributed by atoms with Gasteiger partial charge in [-0.3, -0.25) is 15.1 Å². The molecule has 19 heteroatoms. The Morgan fingerprint density at radius 3 is 2.13 bits per heavy atom. The van der Waals surface area contributed by atoms with Crippen LogP contribution in [-0.4, -0.2) is 97.1 Å². The average Bonchev–Trinajstić information content (AvgIpc) is 3.48. The molecule has 306 valence electrons. The Balaban J connectivity index is 1.85. The predicted molar refractivity (Wildman–Crippen MR) is 200 cm³/mol. The Morgan fingerprint density at radius 1 is 0.891 bits per heavy atom. The van der Waals surface area contributed by atoms with E-state index in [1.807, 2.05) is 30.1 Å². The Labute approximate surface area is 324 Å². The van der Waals surface area contributed by atoms with Crippen molar-refractivity contribution >= 4 is 47.6 Å². The van der Waals surface area contributed by atoms with Crippen molar-refractivity contribution in [2.75, 3.05) is 51.2 Å². The van der Waals surface area contributed by atoms with Crippen LogP contribution in [0.5, 0.6) is 0 Å². The van der Waals surface area contributed by atoms with Crippen molar-refractivity contribution in [3.8, 4) is 0 Å². The molecular weight excluding hydrogens is 777 g/mol. The van der Waals surface area contributed by atoms with Gasteiger partial charge in [0.1, 0.15) is 32.0 Å². The number of hydrazine groups is 1. The molecule has 4 N–H and O–H groups in total. The molecule has 0 aliphatic carbocycles. The third-order valence-electron chi connectivity index (χ3n) is 10.8. The number of fused-ring (bicyclic) bond motifs is 2. The summed E-state index contributed by atoms with van der Waals surface area (Å²) in [5.41, 5.74) is 3.57. The van der Waals surface area contributed by atoms with E-state index in [1.165, 1.54) is 37.4 Å². The fourth-order valence-electron chi connectivity index (χ4n) is 7.96. The summed E-state index contributed by atoms with van der Waals surface area (Å²) in [5, 5.41) is 0. The molecule has 2 aliphatic heterocycles. The first-order valence-electron chi connectivity index (χ1n) is 17.9. The van der Waals surface area contributed by atoms with Gasteiger partial charge in [-0.15, -0.1) is 0 Å². The number of carbonyl (C=O) groups is 1. The number of carbonyl (C=O) groups excluding carboxylic acids is 1. The van der Waals surface area contributed by atoms with E-state index in [0.29, 0.717) is 67.9 Å². The lowest BCUT2D eigenvalue weighted by Gasteiger charge is -2.32. The monoisotopic (exact) mass is 826 g/mol. The SMILES string of the molecule is COCCN1/C(=C/C=C/C2[NH+](CCCCCC(=O)NN)c3ccc(S(=O)(=O)[O-])cc3C2(C)CCOC)C(C)(CCCS(=O)(=O)[O-])c2cc(S(=O)(=O)[O-])ccc21. The molecule has 2 aliphatic rings. The number of quaternary nitrogens is 1. The zero-order valence-corrected chi connectivity index (χ0v) is 33.9. The summed E-state index contributed by atoms with van der Waals surface area (Å²) >= 11 is 0. The summed E-state index contributed by atoms with van der Waals surface area (Å²) in [4.78, 5) is 13.8. The molecule has 55 heavy (non-hydrogen) atoms. The lowest BCUT2D eigenvalue weighted by molar-refractivity contribution is -0.851. The number of rotatable bonds is 20. The third kappa shape index (κ3) is 10.4. The van der Waals surface area contributed by atoms with Crippen LogP contribution in [0, 0.1) is 0 Å². The number of ether oxygens (including phenoxy) is 2. The number of amides is 1. The van der Waals surface area contributed by atoms with Crippen LogP contribution in [-0.2, 0) is 55.5 Å². The fourth-order valence-corrected chi connectivity index (χ4v) is 9.45. The maximum atomic E-state index is 12.2. The molecule has 4 rings (SSSR count). The van der Waals surface area contributed by atoms with E-state index >= 15 is 0 Å². The molecule has 4 atom stereocenters. The molecule has 0 aromatic heterocycles. The van der Waals surface area contributed by atoms with Crippen LogP contribution in [0.2, 0.25) is 0 Å². The van der Waals surface area contributed by atoms with Gasteiger partial charge < -0.3 is 28.0 Å². The van der Waals surface area contributed by atoms with Crippen molar-refractivity contribution in [3.05, 3.63) is 71.5 Å². The van der Waals surface area contributed by atoms with Gasteiger partial charge >= 0.3 is 0 Å². The van der Waals surface area contributed by atoms with Crippen LogP contribution >= 0.6 is 0 Å². The molecule has 0 radical (unpaired) electrons. The smallest absolute Gasteiger partial charge is 0.233 e. The van der Waals surface area contributed by atoms with Crippen molar-refractivity contribution < 1.29 is 58.1 Å². The molecule has 2 aromatic rings. The standard InChI is InChI=1S/C36H52N4O12S3/c1-35(17-9-23-53(42,43)44)28-24-26(54(45,46)47)14-16-31(28)40(20-22-52-4)32(35)10-8-11-33-36(2,18-21-51-3)29-25-27(55(48,49)50)13-15-30(29)39(33)19-7-5-6-12-34(41)38-37/h8,10-11,13-16,24-25,33H,5-7,9,12,17-23,37H2,1-4H3,(H,38,41)(H,42,43,44)(H,45,46,47)(H,48,49,50)/p-2/b11-8+,32-10+. The summed E-state index contributed by atoms with van der Waals surface area (Å²) in [5.74, 6) is 4.31. The van der Waals surface area contributed by atoms with Gasteiger partial charge in [-0.2, -0.15) is 0 Å². The Morgan fingerprint density at radius 2 is 1.53 bits per heavy atom. The van der Waals surface area contributed by atoms with E-state index < -0.39 is 51.8 Å². The number of allylic oxidation sites excluding steroid dienone is 3. The van der Waals surface area contributed by atoms with Gasteiger partial charge in [0.25, 0.3) is 0 Å². The number of hydrogen-bond donors (Lipinski definition) is 3. The molecule has 0 spiro atoms. The van der Waals surface area contributed by atoms with E-state index in [9.17, 15) is 43.7 Å². The number of methoxy groups -OCH3 is 2. The van der Waals surface area contributed by atoms with Crippen molar-refractivity contribution in [3.63, 3.8) is 0 Å². The van der Waals surface area contributed by atoms with Crippen LogP contribution in [0.25, 0.3) is 0 Å². The molecule has 2 aromatic carbocycles. The first-order chi connectivity index (χ1) is 25.7. The number of benzene rings is 2. The Bertz CT molecular complexity index is 2110. The Hall–Kier alpha value is -3.24. The number of nitrogens with one attached hydrogen (secondary N) is 2. The highest BCUT2D eigenvalue weighted by molar-refractivity contribution is 7.86. The zero-order chi connectivity index (χ0) is 40.8. The van der Waals surface area contributed by atoms with Crippen LogP contribution in [0.15, 0.2) is 70.1 Å². The molecule has 16 nitrogen and oxygen atoms in total. The highest BCUT2D eigenvalue weighted by Gasteiger charge is 2.51. The third-order valence-corrected chi connectivity index (χ3v) is 13.2. The van der Waals surface area contributed by atoms with Crippen LogP contribution in [0.3, 0.4) is 0 Å². The zero-order valence-electron chi connectivity index (χ0n) is 31.4. The topological polar surface area (TPSA) is 253 Å². The largest absolute Gasteiger partial charge is 0.748 e. The summed E-state index contributed by atoms with van der Waals surface area (Å²) in [6.45, 7) is 5.28. The van der Waals surface area contributed by atoms with Crippen LogP contribution in [0.1, 0.15) is 69.9 Å². The van der Waals surface area contributed by atoms with Gasteiger partial charge in [-0.05, 0) is 100 Å². The summed E-state index contributed by atoms with van der Waals surface area (Å²) in [6.07, 6.45) is 8.48. The molecule has 1 amide bonds. The van der Waals surface area contributed by atoms with Gasteiger partial charge in [-0.25, -0.2) is 31.1 Å². The number of nitrogens with two attached hydrogens (primary N) is 1. The number of hydrogen-bond acceptors (Lipinski definition) is 14. The van der Waals surface area contributed by atoms with Crippen LogP contribution in [0.4, 0.5) is 11.4 Å². The van der Waals surface area contributed by atoms with Crippen LogP contribution < -0.4 is 21.1 Å². The highest BCUT2D eigenvalue weighted by atomic mass is 32.2. The lowest BCUT2D eigenvalue weighted by Crippen LogP contribution is -3.10. The van der Waals surface area contributed by atoms with Crippen molar-refractivity contribution in [1.82, 2.24) is 5.43 Å². The minimum absolute atomic E-state index is 0.0435. The first kappa shape index (κ1) is 44.5. The van der Waals surface area contributed by atoms with E-state index in [4.69, 9.17) is 15.3 Å². The van der Waals surface area contributed by atoms with E-state index in [0.717, 1.165) is 10.6 Å². The lowest BCUT2D eigenvalue weighted by atomic mass is 9.75. The molecular formula is C36H50N4O12S3-2. The normalized spacial score (nSPS) is 23.4. The fraction of sp³-hybridized carbons (Fsp3) is 0.528. The average molecular weight is 827 g/mol. The summed E-state index contributed by atoms with van der Waals surface area (Å²) < 4.78 is 119. The second-order valence-electron chi connectivity index (χ2n) is 14.4. The molecule has 4 unspecified atom stereocenters. The van der Waals surface area contributed by atoms with E-state index in [-0.39, 0.29) is 42.7 Å². The molecule has 0 fully saturated rings. The van der Waals surface area contributed by atoms with Gasteiger partial charge in [0, 0.05) is 68.0 Å². The van der Waals surface area contributed by atoms with Gasteiger partial charge in [0.15, 0.2) is 0 Å². The number of unbranched alkanes of at least 4 members (excludes halogenated alkanes) is 2. The maximum Gasteiger partial charge on any atom is 0.233 e. The minimum atomic E-state index is -4.85. The number of nitrogens with zero attached hydrogens (tertiary/aromatic N) is 1. The van der Waals surface area contributed by atoms with Crippen molar-refractivity contribution in [2.45, 2.75) is 85.5 Å². The maximum absolute atomic E-state index is 12.2. The Kier molecular flexibility index (Phi) is 14.5. The second kappa shape index (κ2) is 17.9. The molecule has 0 saturated heterocycles. The van der Waals surface area contributed by atoms with E-state index in [2.05, 4.69) is 5.43 Å². The summed E-state index contributed by atoms with van der Waals surface area (Å²) in [6, 6.07) is 8.14. The predicted octanol–water partition coefficient (Wildman–Crippen LogP) is 1.43.